The first-order chi connectivity index (χ1) is 15.7. The number of alkyl halides is 2. The highest BCUT2D eigenvalue weighted by Crippen LogP contribution is 2.46. The molecule has 0 radical (unpaired) electrons. The lowest BCUT2D eigenvalue weighted by Crippen LogP contribution is -2.48. The molecule has 0 spiro atoms. The van der Waals surface area contributed by atoms with Crippen LogP contribution in [0.15, 0.2) is 36.7 Å². The van der Waals surface area contributed by atoms with Crippen LogP contribution in [0.1, 0.15) is 51.8 Å². The second kappa shape index (κ2) is 7.73. The summed E-state index contributed by atoms with van der Waals surface area (Å²) in [6, 6.07) is 7.10. The van der Waals surface area contributed by atoms with Crippen LogP contribution in [0.5, 0.6) is 0 Å². The number of rotatable bonds is 5. The molecule has 0 aliphatic carbocycles. The van der Waals surface area contributed by atoms with Crippen LogP contribution in [-0.4, -0.2) is 40.4 Å². The topological polar surface area (TPSA) is 64.5 Å². The summed E-state index contributed by atoms with van der Waals surface area (Å²) in [6.45, 7) is 7.83. The Morgan fingerprint density at radius 2 is 1.68 bits per heavy atom. The Balaban J connectivity index is 1.74. The zero-order valence-corrected chi connectivity index (χ0v) is 20.4. The van der Waals surface area contributed by atoms with Gasteiger partial charge >= 0.3 is 5.92 Å². The summed E-state index contributed by atoms with van der Waals surface area (Å²) < 4.78 is 44.7. The van der Waals surface area contributed by atoms with Gasteiger partial charge < -0.3 is 20.2 Å². The fraction of sp³-hybridized carbons (Fsp3) is 0.440. The Morgan fingerprint density at radius 1 is 1.06 bits per heavy atom. The summed E-state index contributed by atoms with van der Waals surface area (Å²) in [7, 11) is 4.03. The number of nitrogens with zero attached hydrogens (tertiary/aromatic N) is 4. The summed E-state index contributed by atoms with van der Waals surface area (Å²) in [4.78, 5) is 13.1. The molecule has 3 aromatic rings. The third-order valence-electron chi connectivity index (χ3n) is 7.05. The normalized spacial score (nSPS) is 16.7. The van der Waals surface area contributed by atoms with Gasteiger partial charge in [0.05, 0.1) is 28.5 Å². The van der Waals surface area contributed by atoms with Crippen LogP contribution < -0.4 is 15.1 Å². The number of anilines is 3. The summed E-state index contributed by atoms with van der Waals surface area (Å²) in [5, 5.41) is 13.8. The minimum absolute atomic E-state index is 0.0485. The van der Waals surface area contributed by atoms with E-state index < -0.39 is 28.9 Å². The zero-order valence-electron chi connectivity index (χ0n) is 20.4. The van der Waals surface area contributed by atoms with Crippen molar-refractivity contribution in [2.45, 2.75) is 57.8 Å². The minimum atomic E-state index is -3.77. The van der Waals surface area contributed by atoms with Gasteiger partial charge in [0, 0.05) is 25.0 Å². The number of hydrogen-bond acceptors (Lipinski definition) is 6. The first-order valence-electron chi connectivity index (χ1n) is 11.1. The van der Waals surface area contributed by atoms with E-state index in [0.29, 0.717) is 11.3 Å². The molecule has 182 valence electrons. The number of aromatic nitrogens is 2. The number of hydrogen-bond donors (Lipinski definition) is 2. The third kappa shape index (κ3) is 3.53. The first-order valence-corrected chi connectivity index (χ1v) is 11.1. The Kier molecular flexibility index (Phi) is 5.47. The molecule has 34 heavy (non-hydrogen) atoms. The maximum atomic E-state index is 15.2. The van der Waals surface area contributed by atoms with Crippen molar-refractivity contribution >= 4 is 28.1 Å². The van der Waals surface area contributed by atoms with Gasteiger partial charge in [-0.3, -0.25) is 0 Å². The van der Waals surface area contributed by atoms with E-state index in [-0.39, 0.29) is 11.2 Å². The Bertz CT molecular complexity index is 1260. The molecule has 6 nitrogen and oxygen atoms in total. The van der Waals surface area contributed by atoms with Crippen molar-refractivity contribution in [2.24, 2.45) is 0 Å². The fourth-order valence-corrected chi connectivity index (χ4v) is 4.29. The van der Waals surface area contributed by atoms with Gasteiger partial charge in [0.2, 0.25) is 0 Å². The molecular formula is C25H30F3N5O. The monoisotopic (exact) mass is 473 g/mol. The number of nitrogens with one attached hydrogen (secondary N) is 1. The van der Waals surface area contributed by atoms with Crippen molar-refractivity contribution in [3.8, 4) is 0 Å². The highest BCUT2D eigenvalue weighted by Gasteiger charge is 2.49. The van der Waals surface area contributed by atoms with Gasteiger partial charge in [-0.15, -0.1) is 0 Å². The molecule has 9 heteroatoms. The van der Waals surface area contributed by atoms with Gasteiger partial charge in [-0.2, -0.15) is 8.78 Å². The van der Waals surface area contributed by atoms with Crippen LogP contribution in [0.25, 0.3) is 10.9 Å². The molecular weight excluding hydrogens is 443 g/mol. The number of benzene rings is 2. The molecule has 2 N–H and O–H groups in total. The van der Waals surface area contributed by atoms with Crippen LogP contribution in [0, 0.1) is 5.82 Å². The average molecular weight is 474 g/mol. The molecule has 0 fully saturated rings. The van der Waals surface area contributed by atoms with Gasteiger partial charge in [-0.25, -0.2) is 14.4 Å². The maximum absolute atomic E-state index is 15.2. The predicted molar refractivity (Wildman–Crippen MR) is 129 cm³/mol. The van der Waals surface area contributed by atoms with Gasteiger partial charge in [0.1, 0.15) is 29.2 Å². The van der Waals surface area contributed by atoms with Crippen molar-refractivity contribution < 1.29 is 18.3 Å². The Hall–Kier alpha value is -3.07. The summed E-state index contributed by atoms with van der Waals surface area (Å²) in [5.41, 5.74) is -0.698. The molecule has 0 bridgehead atoms. The van der Waals surface area contributed by atoms with Gasteiger partial charge in [-0.1, -0.05) is 12.1 Å². The second-order valence-electron chi connectivity index (χ2n) is 9.90. The van der Waals surface area contributed by atoms with E-state index in [1.807, 2.05) is 26.2 Å². The Morgan fingerprint density at radius 3 is 2.29 bits per heavy atom. The maximum Gasteiger partial charge on any atom is 0.303 e. The third-order valence-corrected chi connectivity index (χ3v) is 7.05. The largest absolute Gasteiger partial charge is 0.384 e. The molecule has 1 aliphatic rings. The van der Waals surface area contributed by atoms with Crippen LogP contribution >= 0.6 is 0 Å². The molecule has 0 saturated heterocycles. The average Bonchev–Trinajstić information content (AvgIpc) is 2.92. The van der Waals surface area contributed by atoms with Gasteiger partial charge in [-0.05, 0) is 52.8 Å². The number of aliphatic hydroxyl groups is 1. The van der Waals surface area contributed by atoms with E-state index in [4.69, 9.17) is 0 Å². The highest BCUT2D eigenvalue weighted by molar-refractivity contribution is 5.98. The molecule has 2 aromatic carbocycles. The van der Waals surface area contributed by atoms with E-state index >= 15 is 4.39 Å². The van der Waals surface area contributed by atoms with E-state index in [1.165, 1.54) is 18.5 Å². The number of halogens is 3. The smallest absolute Gasteiger partial charge is 0.303 e. The van der Waals surface area contributed by atoms with Crippen molar-refractivity contribution in [1.82, 2.24) is 9.97 Å². The fourth-order valence-electron chi connectivity index (χ4n) is 4.29. The summed E-state index contributed by atoms with van der Waals surface area (Å²) >= 11 is 0. The molecule has 1 aliphatic heterocycles. The standard InChI is InChI=1S/C25H30F3N5O/c1-14(15-9-8-10-17(21(15)26)25(27,28)23(2,3)34)31-22-16-11-19-20(12-18(16)29-13-30-22)33(7)24(4,5)32(19)6/h8-14,34H,1-7H3,(H,29,30,31). The van der Waals surface area contributed by atoms with E-state index in [1.54, 1.807) is 6.92 Å². The first kappa shape index (κ1) is 24.1. The van der Waals surface area contributed by atoms with Crippen molar-refractivity contribution in [1.29, 1.82) is 0 Å². The van der Waals surface area contributed by atoms with E-state index in [0.717, 1.165) is 36.7 Å². The highest BCUT2D eigenvalue weighted by atomic mass is 19.3. The quantitative estimate of drug-likeness (QED) is 0.516. The van der Waals surface area contributed by atoms with Crippen molar-refractivity contribution in [3.63, 3.8) is 0 Å². The lowest BCUT2D eigenvalue weighted by atomic mass is 9.91. The molecule has 1 aromatic heterocycles. The van der Waals surface area contributed by atoms with Crippen LogP contribution in [-0.2, 0) is 5.92 Å². The lowest BCUT2D eigenvalue weighted by Gasteiger charge is -2.36. The van der Waals surface area contributed by atoms with Gasteiger partial charge in [0.15, 0.2) is 0 Å². The van der Waals surface area contributed by atoms with Gasteiger partial charge in [0.25, 0.3) is 0 Å². The Labute approximate surface area is 197 Å². The number of fused-ring (bicyclic) bond motifs is 2. The molecule has 0 saturated carbocycles. The second-order valence-corrected chi connectivity index (χ2v) is 9.90. The molecule has 0 amide bonds. The summed E-state index contributed by atoms with van der Waals surface area (Å²) in [5.74, 6) is -4.35. The molecule has 1 unspecified atom stereocenters. The SMILES string of the molecule is CC(Nc1ncnc2cc3c(cc12)N(C)C(C)(C)N3C)c1cccc(C(F)(F)C(C)(C)O)c1F. The molecule has 2 heterocycles. The lowest BCUT2D eigenvalue weighted by molar-refractivity contribution is -0.170. The molecule has 1 atom stereocenters. The summed E-state index contributed by atoms with van der Waals surface area (Å²) in [6.07, 6.45) is 1.42. The van der Waals surface area contributed by atoms with E-state index in [2.05, 4.69) is 38.9 Å². The van der Waals surface area contributed by atoms with Crippen LogP contribution in [0.2, 0.25) is 0 Å². The minimum Gasteiger partial charge on any atom is -0.384 e. The predicted octanol–water partition coefficient (Wildman–Crippen LogP) is 5.43. The van der Waals surface area contributed by atoms with E-state index in [9.17, 15) is 13.9 Å². The zero-order chi connectivity index (χ0) is 25.2. The van der Waals surface area contributed by atoms with Crippen molar-refractivity contribution in [3.05, 3.63) is 53.6 Å². The molecule has 4 rings (SSSR count). The van der Waals surface area contributed by atoms with Crippen LogP contribution in [0.4, 0.5) is 30.4 Å². The van der Waals surface area contributed by atoms with Crippen LogP contribution in [0.3, 0.4) is 0 Å². The van der Waals surface area contributed by atoms with Crippen molar-refractivity contribution in [2.75, 3.05) is 29.2 Å².